The lowest BCUT2D eigenvalue weighted by molar-refractivity contribution is -0.383. The van der Waals surface area contributed by atoms with Crippen molar-refractivity contribution in [3.8, 4) is 0 Å². The number of hydrogen-bond donors (Lipinski definition) is 1. The van der Waals surface area contributed by atoms with Gasteiger partial charge >= 0.3 is 10.5 Å². The summed E-state index contributed by atoms with van der Waals surface area (Å²) in [4.78, 5) is 10.0. The normalized spacial score (nSPS) is 14.3. The average molecular weight is 268 g/mol. The van der Waals surface area contributed by atoms with Crippen LogP contribution in [0.3, 0.4) is 0 Å². The lowest BCUT2D eigenvalue weighted by atomic mass is 10.1. The van der Waals surface area contributed by atoms with Gasteiger partial charge in [0.05, 0.1) is 14.9 Å². The van der Waals surface area contributed by atoms with Gasteiger partial charge in [-0.3, -0.25) is 10.1 Å². The van der Waals surface area contributed by atoms with E-state index in [-0.39, 0.29) is 16.0 Å². The first-order valence-electron chi connectivity index (χ1n) is 4.76. The van der Waals surface area contributed by atoms with Crippen LogP contribution in [0, 0.1) is 10.1 Å². The molecule has 0 saturated heterocycles. The summed E-state index contributed by atoms with van der Waals surface area (Å²) in [5.41, 5.74) is -0.179. The van der Waals surface area contributed by atoms with E-state index in [1.807, 2.05) is 0 Å². The molecule has 18 heavy (non-hydrogen) atoms. The minimum absolute atomic E-state index is 0.179. The highest BCUT2D eigenvalue weighted by atomic mass is 32.3. The second-order valence-electron chi connectivity index (χ2n) is 3.47. The highest BCUT2D eigenvalue weighted by Crippen LogP contribution is 2.29. The van der Waals surface area contributed by atoms with E-state index in [0.29, 0.717) is 5.39 Å². The molecule has 0 aliphatic rings. The molecule has 1 unspecified atom stereocenters. The summed E-state index contributed by atoms with van der Waals surface area (Å²) in [5, 5.41) is 11.6. The summed E-state index contributed by atoms with van der Waals surface area (Å²) in [7, 11) is -4.08. The van der Waals surface area contributed by atoms with Gasteiger partial charge in [-0.25, -0.2) is 0 Å². The Balaban J connectivity index is 2.74. The van der Waals surface area contributed by atoms with Gasteiger partial charge in [-0.1, -0.05) is 12.1 Å². The smallest absolute Gasteiger partial charge is 0.258 e. The minimum atomic E-state index is -4.08. The summed E-state index contributed by atoms with van der Waals surface area (Å²) >= 11 is 0. The van der Waals surface area contributed by atoms with Crippen molar-refractivity contribution in [1.29, 1.82) is 0 Å². The SMILES string of the molecule is NO[S+]([O])(=O)c1ccc2cccc([N+](=O)[O-])c2c1. The van der Waals surface area contributed by atoms with Crippen LogP contribution >= 0.6 is 0 Å². The number of rotatable bonds is 3. The second kappa shape index (κ2) is 4.42. The summed E-state index contributed by atoms with van der Waals surface area (Å²) in [6, 6.07) is 8.34. The van der Waals surface area contributed by atoms with Crippen molar-refractivity contribution in [1.82, 2.24) is 0 Å². The number of nitro groups is 1. The Morgan fingerprint density at radius 1 is 1.28 bits per heavy atom. The van der Waals surface area contributed by atoms with Gasteiger partial charge in [0, 0.05) is 18.2 Å². The van der Waals surface area contributed by atoms with Crippen molar-refractivity contribution < 1.29 is 18.0 Å². The molecule has 2 rings (SSSR count). The van der Waals surface area contributed by atoms with Gasteiger partial charge in [-0.05, 0) is 19.9 Å². The fourth-order valence-corrected chi connectivity index (χ4v) is 2.21. The predicted molar refractivity (Wildman–Crippen MR) is 62.9 cm³/mol. The van der Waals surface area contributed by atoms with Gasteiger partial charge in [0.15, 0.2) is 0 Å². The Morgan fingerprint density at radius 2 is 2.00 bits per heavy atom. The molecule has 93 valence electrons. The lowest BCUT2D eigenvalue weighted by Gasteiger charge is -2.01. The van der Waals surface area contributed by atoms with Crippen molar-refractivity contribution in [2.45, 2.75) is 4.90 Å². The minimum Gasteiger partial charge on any atom is -0.258 e. The molecule has 0 aliphatic heterocycles. The number of benzene rings is 2. The van der Waals surface area contributed by atoms with Crippen LogP contribution in [-0.4, -0.2) is 4.92 Å². The fourth-order valence-electron chi connectivity index (χ4n) is 1.61. The summed E-state index contributed by atoms with van der Waals surface area (Å²) in [6.45, 7) is 0. The Hall–Kier alpha value is -1.87. The molecule has 0 spiro atoms. The third-order valence-electron chi connectivity index (χ3n) is 2.44. The Labute approximate surface area is 103 Å². The summed E-state index contributed by atoms with van der Waals surface area (Å²) in [5.74, 6) is 4.66. The van der Waals surface area contributed by atoms with Crippen LogP contribution < -0.4 is 5.90 Å². The third kappa shape index (κ3) is 2.09. The van der Waals surface area contributed by atoms with Crippen molar-refractivity contribution in [3.63, 3.8) is 0 Å². The zero-order chi connectivity index (χ0) is 13.3. The zero-order valence-electron chi connectivity index (χ0n) is 8.94. The van der Waals surface area contributed by atoms with E-state index in [2.05, 4.69) is 10.2 Å². The molecule has 2 N–H and O–H groups in total. The van der Waals surface area contributed by atoms with E-state index in [9.17, 15) is 18.9 Å². The topological polar surface area (TPSA) is 115 Å². The zero-order valence-corrected chi connectivity index (χ0v) is 9.75. The molecule has 0 bridgehead atoms. The molecular formula is C10H8N2O5S+. The first-order valence-corrected chi connectivity index (χ1v) is 6.17. The second-order valence-corrected chi connectivity index (χ2v) is 5.04. The quantitative estimate of drug-likeness (QED) is 0.517. The number of hydrogen-bond acceptors (Lipinski definition) is 5. The van der Waals surface area contributed by atoms with Crippen molar-refractivity contribution in [2.75, 3.05) is 0 Å². The van der Waals surface area contributed by atoms with Crippen LogP contribution in [0.5, 0.6) is 0 Å². The molecule has 2 aromatic rings. The Morgan fingerprint density at radius 3 is 2.61 bits per heavy atom. The van der Waals surface area contributed by atoms with Gasteiger partial charge in [-0.2, -0.15) is 5.90 Å². The number of nitrogens with zero attached hydrogens (tertiary/aromatic N) is 1. The monoisotopic (exact) mass is 268 g/mol. The lowest BCUT2D eigenvalue weighted by Crippen LogP contribution is -2.16. The van der Waals surface area contributed by atoms with Crippen molar-refractivity contribution in [2.24, 2.45) is 5.90 Å². The third-order valence-corrected chi connectivity index (χ3v) is 3.53. The van der Waals surface area contributed by atoms with E-state index < -0.39 is 15.4 Å². The summed E-state index contributed by atoms with van der Waals surface area (Å²) in [6.07, 6.45) is 0. The molecule has 0 fully saturated rings. The van der Waals surface area contributed by atoms with Crippen LogP contribution in [0.15, 0.2) is 41.3 Å². The van der Waals surface area contributed by atoms with E-state index >= 15 is 0 Å². The predicted octanol–water partition coefficient (Wildman–Crippen LogP) is 1.76. The molecule has 1 atom stereocenters. The standard InChI is InChI=1S/C10H8N2O5S/c11-17-18(15,16)8-5-4-7-2-1-3-10(12(13)14)9(7)6-8/h1-6H,11H2/q+1. The highest BCUT2D eigenvalue weighted by Gasteiger charge is 2.34. The maximum atomic E-state index is 11.4. The van der Waals surface area contributed by atoms with E-state index in [1.54, 1.807) is 6.07 Å². The maximum absolute atomic E-state index is 11.4. The molecule has 8 heteroatoms. The molecule has 7 nitrogen and oxygen atoms in total. The molecule has 0 saturated carbocycles. The molecule has 0 aliphatic carbocycles. The molecule has 0 amide bonds. The average Bonchev–Trinajstić information content (AvgIpc) is 2.37. The molecule has 2 aromatic carbocycles. The van der Waals surface area contributed by atoms with Crippen molar-refractivity contribution >= 4 is 27.0 Å². The fraction of sp³-hybridized carbons (Fsp3) is 0. The Kier molecular flexibility index (Phi) is 3.09. The van der Waals surface area contributed by atoms with Gasteiger partial charge in [0.1, 0.15) is 0 Å². The molecular weight excluding hydrogens is 260 g/mol. The van der Waals surface area contributed by atoms with Gasteiger partial charge < -0.3 is 0 Å². The van der Waals surface area contributed by atoms with E-state index in [4.69, 9.17) is 0 Å². The summed E-state index contributed by atoms with van der Waals surface area (Å²) < 4.78 is 26.7. The van der Waals surface area contributed by atoms with Crippen LogP contribution in [0.2, 0.25) is 0 Å². The molecule has 0 heterocycles. The first-order chi connectivity index (χ1) is 8.45. The van der Waals surface area contributed by atoms with Gasteiger partial charge in [0.25, 0.3) is 5.69 Å². The van der Waals surface area contributed by atoms with E-state index in [0.717, 1.165) is 6.07 Å². The first kappa shape index (κ1) is 12.6. The number of nitrogens with two attached hydrogens (primary N) is 1. The number of fused-ring (bicyclic) bond motifs is 1. The maximum Gasteiger partial charge on any atom is 0.447 e. The van der Waals surface area contributed by atoms with Crippen LogP contribution in [-0.2, 0) is 23.5 Å². The number of non-ortho nitro benzene ring substituents is 1. The number of nitro benzene ring substituents is 1. The highest BCUT2D eigenvalue weighted by molar-refractivity contribution is 7.93. The molecule has 1 radical (unpaired) electrons. The van der Waals surface area contributed by atoms with Gasteiger partial charge in [-0.15, -0.1) is 0 Å². The van der Waals surface area contributed by atoms with Crippen LogP contribution in [0.1, 0.15) is 0 Å². The molecule has 0 aromatic heterocycles. The Bertz CT molecular complexity index is 672. The van der Waals surface area contributed by atoms with Crippen molar-refractivity contribution in [3.05, 3.63) is 46.5 Å². The van der Waals surface area contributed by atoms with Gasteiger partial charge in [0.2, 0.25) is 4.90 Å². The van der Waals surface area contributed by atoms with E-state index in [1.165, 1.54) is 24.3 Å². The van der Waals surface area contributed by atoms with Crippen LogP contribution in [0.4, 0.5) is 5.69 Å². The van der Waals surface area contributed by atoms with Crippen LogP contribution in [0.25, 0.3) is 10.8 Å². The largest absolute Gasteiger partial charge is 0.447 e.